The van der Waals surface area contributed by atoms with Crippen molar-refractivity contribution in [1.29, 1.82) is 0 Å². The summed E-state index contributed by atoms with van der Waals surface area (Å²) >= 11 is 0. The molecule has 0 radical (unpaired) electrons. The molecule has 0 aliphatic carbocycles. The second kappa shape index (κ2) is 4.65. The molecule has 0 aliphatic rings. The Kier molecular flexibility index (Phi) is 2.83. The molecular formula is C14H12N4O2. The van der Waals surface area contributed by atoms with E-state index >= 15 is 0 Å². The summed E-state index contributed by atoms with van der Waals surface area (Å²) in [5, 5.41) is 13.0. The number of carboxylic acid groups (broad SMARTS) is 1. The maximum atomic E-state index is 11.0. The van der Waals surface area contributed by atoms with Crippen LogP contribution in [0.15, 0.2) is 36.7 Å². The van der Waals surface area contributed by atoms with Gasteiger partial charge in [-0.2, -0.15) is 0 Å². The largest absolute Gasteiger partial charge is 0.478 e. The number of aromatic nitrogens is 3. The van der Waals surface area contributed by atoms with Gasteiger partial charge in [-0.3, -0.25) is 0 Å². The summed E-state index contributed by atoms with van der Waals surface area (Å²) in [6.07, 6.45) is 1.46. The maximum absolute atomic E-state index is 11.0. The molecule has 0 fully saturated rings. The third-order valence-corrected chi connectivity index (χ3v) is 2.93. The van der Waals surface area contributed by atoms with Crippen molar-refractivity contribution in [3.8, 4) is 0 Å². The number of anilines is 2. The molecule has 1 aromatic carbocycles. The van der Waals surface area contributed by atoms with Crippen molar-refractivity contribution in [3.05, 3.63) is 47.9 Å². The van der Waals surface area contributed by atoms with E-state index < -0.39 is 5.97 Å². The molecule has 0 spiro atoms. The van der Waals surface area contributed by atoms with E-state index in [-0.39, 0.29) is 5.56 Å². The van der Waals surface area contributed by atoms with Crippen LogP contribution in [0, 0.1) is 6.92 Å². The zero-order chi connectivity index (χ0) is 14.1. The predicted molar refractivity (Wildman–Crippen MR) is 75.3 cm³/mol. The summed E-state index contributed by atoms with van der Waals surface area (Å²) in [4.78, 5) is 22.4. The molecule has 3 N–H and O–H groups in total. The number of fused-ring (bicyclic) bond motifs is 1. The summed E-state index contributed by atoms with van der Waals surface area (Å²) in [6.45, 7) is 1.94. The van der Waals surface area contributed by atoms with E-state index in [0.717, 1.165) is 16.7 Å². The Bertz CT molecular complexity index is 795. The Hall–Kier alpha value is -2.89. The number of nitrogens with one attached hydrogen (secondary N) is 2. The molecule has 0 atom stereocenters. The van der Waals surface area contributed by atoms with Crippen LogP contribution in [0.3, 0.4) is 0 Å². The number of aryl methyl sites for hydroxylation is 1. The minimum absolute atomic E-state index is 0.227. The zero-order valence-corrected chi connectivity index (χ0v) is 10.7. The highest BCUT2D eigenvalue weighted by Crippen LogP contribution is 2.23. The molecule has 0 amide bonds. The first-order valence-corrected chi connectivity index (χ1v) is 6.04. The van der Waals surface area contributed by atoms with Crippen LogP contribution < -0.4 is 5.32 Å². The lowest BCUT2D eigenvalue weighted by Gasteiger charge is -2.06. The van der Waals surface area contributed by atoms with Crippen LogP contribution in [-0.2, 0) is 0 Å². The lowest BCUT2D eigenvalue weighted by Crippen LogP contribution is -1.99. The summed E-state index contributed by atoms with van der Waals surface area (Å²) in [5.41, 5.74) is 2.63. The molecule has 2 heterocycles. The number of rotatable bonds is 3. The molecule has 100 valence electrons. The fourth-order valence-corrected chi connectivity index (χ4v) is 2.04. The number of H-pyrrole nitrogens is 1. The molecule has 0 unspecified atom stereocenters. The first-order chi connectivity index (χ1) is 9.63. The van der Waals surface area contributed by atoms with E-state index in [2.05, 4.69) is 20.3 Å². The quantitative estimate of drug-likeness (QED) is 0.679. The molecule has 0 bridgehead atoms. The zero-order valence-electron chi connectivity index (χ0n) is 10.7. The van der Waals surface area contributed by atoms with Crippen molar-refractivity contribution in [2.24, 2.45) is 0 Å². The second-order valence-electron chi connectivity index (χ2n) is 4.45. The normalized spacial score (nSPS) is 10.7. The summed E-state index contributed by atoms with van der Waals surface area (Å²) < 4.78 is 0. The molecule has 3 rings (SSSR count). The van der Waals surface area contributed by atoms with Gasteiger partial charge in [0.1, 0.15) is 17.8 Å². The monoisotopic (exact) mass is 268 g/mol. The van der Waals surface area contributed by atoms with E-state index in [9.17, 15) is 4.79 Å². The van der Waals surface area contributed by atoms with Gasteiger partial charge < -0.3 is 15.4 Å². The number of carboxylic acids is 1. The molecule has 6 heteroatoms. The van der Waals surface area contributed by atoms with Crippen LogP contribution in [0.2, 0.25) is 0 Å². The SMILES string of the molecule is Cc1cc2c(Nc3cccc(C(=O)O)c3)ncnc2[nH]1. The van der Waals surface area contributed by atoms with Crippen LogP contribution in [0.5, 0.6) is 0 Å². The van der Waals surface area contributed by atoms with Crippen molar-refractivity contribution in [1.82, 2.24) is 15.0 Å². The average molecular weight is 268 g/mol. The average Bonchev–Trinajstić information content (AvgIpc) is 2.80. The third kappa shape index (κ3) is 2.18. The Labute approximate surface area is 114 Å². The third-order valence-electron chi connectivity index (χ3n) is 2.93. The van der Waals surface area contributed by atoms with Gasteiger partial charge >= 0.3 is 5.97 Å². The van der Waals surface area contributed by atoms with Gasteiger partial charge in [-0.25, -0.2) is 14.8 Å². The van der Waals surface area contributed by atoms with E-state index in [1.54, 1.807) is 24.3 Å². The predicted octanol–water partition coefficient (Wildman–Crippen LogP) is 2.71. The maximum Gasteiger partial charge on any atom is 0.335 e. The number of aromatic carboxylic acids is 1. The summed E-state index contributed by atoms with van der Waals surface area (Å²) in [7, 11) is 0. The van der Waals surface area contributed by atoms with Gasteiger partial charge in [-0.1, -0.05) is 6.07 Å². The lowest BCUT2D eigenvalue weighted by molar-refractivity contribution is 0.0697. The number of aromatic amines is 1. The van der Waals surface area contributed by atoms with Gasteiger partial charge in [-0.15, -0.1) is 0 Å². The van der Waals surface area contributed by atoms with Crippen LogP contribution >= 0.6 is 0 Å². The highest BCUT2D eigenvalue weighted by atomic mass is 16.4. The van der Waals surface area contributed by atoms with E-state index in [1.807, 2.05) is 13.0 Å². The molecule has 0 aliphatic heterocycles. The number of hydrogen-bond donors (Lipinski definition) is 3. The number of benzene rings is 1. The second-order valence-corrected chi connectivity index (χ2v) is 4.45. The van der Waals surface area contributed by atoms with Crippen LogP contribution in [0.25, 0.3) is 11.0 Å². The van der Waals surface area contributed by atoms with E-state index in [4.69, 9.17) is 5.11 Å². The van der Waals surface area contributed by atoms with Crippen molar-refractivity contribution in [2.75, 3.05) is 5.32 Å². The molecular weight excluding hydrogens is 256 g/mol. The summed E-state index contributed by atoms with van der Waals surface area (Å²) in [6, 6.07) is 8.53. The van der Waals surface area contributed by atoms with Crippen molar-refractivity contribution < 1.29 is 9.90 Å². The molecule has 2 aromatic heterocycles. The number of carbonyl (C=O) groups is 1. The summed E-state index contributed by atoms with van der Waals surface area (Å²) in [5.74, 6) is -0.319. The molecule has 20 heavy (non-hydrogen) atoms. The lowest BCUT2D eigenvalue weighted by atomic mass is 10.2. The Morgan fingerprint density at radius 3 is 2.95 bits per heavy atom. The van der Waals surface area contributed by atoms with Gasteiger partial charge in [0, 0.05) is 11.4 Å². The van der Waals surface area contributed by atoms with Crippen molar-refractivity contribution in [2.45, 2.75) is 6.92 Å². The van der Waals surface area contributed by atoms with Crippen LogP contribution in [0.4, 0.5) is 11.5 Å². The van der Waals surface area contributed by atoms with Gasteiger partial charge in [0.05, 0.1) is 10.9 Å². The topological polar surface area (TPSA) is 90.9 Å². The molecule has 0 saturated carbocycles. The van der Waals surface area contributed by atoms with E-state index in [0.29, 0.717) is 11.5 Å². The van der Waals surface area contributed by atoms with Crippen molar-refractivity contribution in [3.63, 3.8) is 0 Å². The van der Waals surface area contributed by atoms with Gasteiger partial charge in [0.25, 0.3) is 0 Å². The standard InChI is InChI=1S/C14H12N4O2/c1-8-5-11-12(17-8)15-7-16-13(11)18-10-4-2-3-9(6-10)14(19)20/h2-7H,1H3,(H,19,20)(H2,15,16,17,18). The number of nitrogens with zero attached hydrogens (tertiary/aromatic N) is 2. The Balaban J connectivity index is 2.01. The van der Waals surface area contributed by atoms with Crippen molar-refractivity contribution >= 4 is 28.5 Å². The molecule has 3 aromatic rings. The first kappa shape index (κ1) is 12.2. The highest BCUT2D eigenvalue weighted by molar-refractivity contribution is 5.91. The minimum atomic E-state index is -0.959. The molecule has 6 nitrogen and oxygen atoms in total. The Morgan fingerprint density at radius 2 is 2.15 bits per heavy atom. The van der Waals surface area contributed by atoms with Gasteiger partial charge in [0.15, 0.2) is 0 Å². The highest BCUT2D eigenvalue weighted by Gasteiger charge is 2.08. The van der Waals surface area contributed by atoms with Crippen LogP contribution in [-0.4, -0.2) is 26.0 Å². The minimum Gasteiger partial charge on any atom is -0.478 e. The molecule has 0 saturated heterocycles. The van der Waals surface area contributed by atoms with Gasteiger partial charge in [0.2, 0.25) is 0 Å². The smallest absolute Gasteiger partial charge is 0.335 e. The van der Waals surface area contributed by atoms with Gasteiger partial charge in [-0.05, 0) is 31.2 Å². The Morgan fingerprint density at radius 1 is 1.30 bits per heavy atom. The fraction of sp³-hybridized carbons (Fsp3) is 0.0714. The fourth-order valence-electron chi connectivity index (χ4n) is 2.04. The number of hydrogen-bond acceptors (Lipinski definition) is 4. The van der Waals surface area contributed by atoms with Crippen LogP contribution in [0.1, 0.15) is 16.1 Å². The van der Waals surface area contributed by atoms with E-state index in [1.165, 1.54) is 6.33 Å². The first-order valence-electron chi connectivity index (χ1n) is 6.04.